The van der Waals surface area contributed by atoms with Gasteiger partial charge in [-0.3, -0.25) is 4.79 Å². The van der Waals surface area contributed by atoms with Gasteiger partial charge in [0.2, 0.25) is 5.91 Å². The fraction of sp³-hybridized carbons (Fsp3) is 0.929. The van der Waals surface area contributed by atoms with Crippen molar-refractivity contribution in [1.82, 2.24) is 5.32 Å². The molecule has 1 amide bonds. The summed E-state index contributed by atoms with van der Waals surface area (Å²) in [4.78, 5) is 12.1. The lowest BCUT2D eigenvalue weighted by Crippen LogP contribution is -2.48. The van der Waals surface area contributed by atoms with Gasteiger partial charge in [0.25, 0.3) is 0 Å². The normalized spacial score (nSPS) is 30.1. The Morgan fingerprint density at radius 1 is 1.41 bits per heavy atom. The molecular formula is C14H28N2O. The first-order valence-electron chi connectivity index (χ1n) is 6.90. The predicted octanol–water partition coefficient (Wildman–Crippen LogP) is 2.30. The Hall–Kier alpha value is -0.570. The third kappa shape index (κ3) is 3.98. The van der Waals surface area contributed by atoms with Gasteiger partial charge in [-0.15, -0.1) is 0 Å². The lowest BCUT2D eigenvalue weighted by atomic mass is 9.77. The van der Waals surface area contributed by atoms with Gasteiger partial charge in [0.05, 0.1) is 5.92 Å². The Morgan fingerprint density at radius 3 is 2.65 bits per heavy atom. The number of carbonyl (C=O) groups excluding carboxylic acids is 1. The molecule has 3 atom stereocenters. The summed E-state index contributed by atoms with van der Waals surface area (Å²) in [5, 5.41) is 3.08. The Labute approximate surface area is 106 Å². The highest BCUT2D eigenvalue weighted by atomic mass is 16.1. The van der Waals surface area contributed by atoms with E-state index >= 15 is 0 Å². The average Bonchev–Trinajstić information content (AvgIpc) is 2.30. The third-order valence-corrected chi connectivity index (χ3v) is 4.33. The SMILES string of the molecule is CCC(C)(C)CNC(=O)C1CCCC(C)C1N. The summed E-state index contributed by atoms with van der Waals surface area (Å²) in [6.07, 6.45) is 4.31. The highest BCUT2D eigenvalue weighted by molar-refractivity contribution is 5.79. The van der Waals surface area contributed by atoms with Crippen LogP contribution < -0.4 is 11.1 Å². The zero-order chi connectivity index (χ0) is 13.1. The number of nitrogens with two attached hydrogens (primary N) is 1. The molecule has 3 heteroatoms. The number of hydrogen-bond acceptors (Lipinski definition) is 2. The minimum Gasteiger partial charge on any atom is -0.355 e. The molecule has 0 bridgehead atoms. The van der Waals surface area contributed by atoms with Crippen LogP contribution in [0.5, 0.6) is 0 Å². The maximum Gasteiger partial charge on any atom is 0.224 e. The second kappa shape index (κ2) is 5.85. The number of carbonyl (C=O) groups is 1. The zero-order valence-corrected chi connectivity index (χ0v) is 11.8. The molecular weight excluding hydrogens is 212 g/mol. The van der Waals surface area contributed by atoms with Crippen molar-refractivity contribution in [1.29, 1.82) is 0 Å². The smallest absolute Gasteiger partial charge is 0.224 e. The van der Waals surface area contributed by atoms with Gasteiger partial charge in [0.1, 0.15) is 0 Å². The molecule has 0 aliphatic heterocycles. The number of amides is 1. The van der Waals surface area contributed by atoms with Crippen molar-refractivity contribution in [3.63, 3.8) is 0 Å². The largest absolute Gasteiger partial charge is 0.355 e. The van der Waals surface area contributed by atoms with Gasteiger partial charge in [-0.2, -0.15) is 0 Å². The molecule has 0 aromatic rings. The van der Waals surface area contributed by atoms with Crippen molar-refractivity contribution in [2.75, 3.05) is 6.54 Å². The summed E-state index contributed by atoms with van der Waals surface area (Å²) in [6.45, 7) is 9.41. The maximum absolute atomic E-state index is 12.1. The highest BCUT2D eigenvalue weighted by Crippen LogP contribution is 2.28. The van der Waals surface area contributed by atoms with Crippen LogP contribution in [0.15, 0.2) is 0 Å². The van der Waals surface area contributed by atoms with Crippen molar-refractivity contribution in [2.24, 2.45) is 23.0 Å². The molecule has 100 valence electrons. The van der Waals surface area contributed by atoms with Gasteiger partial charge in [0, 0.05) is 12.6 Å². The molecule has 0 spiro atoms. The number of hydrogen-bond donors (Lipinski definition) is 2. The second-order valence-electron chi connectivity index (χ2n) is 6.33. The van der Waals surface area contributed by atoms with Gasteiger partial charge in [-0.25, -0.2) is 0 Å². The first-order chi connectivity index (χ1) is 7.87. The summed E-state index contributed by atoms with van der Waals surface area (Å²) in [5.41, 5.74) is 6.32. The Bertz CT molecular complexity index is 263. The fourth-order valence-corrected chi connectivity index (χ4v) is 2.33. The summed E-state index contributed by atoms with van der Waals surface area (Å²) in [5.74, 6) is 0.649. The van der Waals surface area contributed by atoms with Crippen molar-refractivity contribution in [3.8, 4) is 0 Å². The molecule has 3 unspecified atom stereocenters. The van der Waals surface area contributed by atoms with Crippen molar-refractivity contribution >= 4 is 5.91 Å². The summed E-state index contributed by atoms with van der Waals surface area (Å²) < 4.78 is 0. The highest BCUT2D eigenvalue weighted by Gasteiger charge is 2.33. The lowest BCUT2D eigenvalue weighted by molar-refractivity contribution is -0.127. The molecule has 0 heterocycles. The Balaban J connectivity index is 2.47. The molecule has 0 radical (unpaired) electrons. The fourth-order valence-electron chi connectivity index (χ4n) is 2.33. The molecule has 1 fully saturated rings. The predicted molar refractivity (Wildman–Crippen MR) is 71.6 cm³/mol. The van der Waals surface area contributed by atoms with E-state index < -0.39 is 0 Å². The molecule has 3 N–H and O–H groups in total. The van der Waals surface area contributed by atoms with Crippen LogP contribution in [-0.4, -0.2) is 18.5 Å². The summed E-state index contributed by atoms with van der Waals surface area (Å²) >= 11 is 0. The molecule has 0 aromatic heterocycles. The molecule has 1 rings (SSSR count). The van der Waals surface area contributed by atoms with Crippen LogP contribution in [0.2, 0.25) is 0 Å². The van der Waals surface area contributed by atoms with Crippen LogP contribution in [-0.2, 0) is 4.79 Å². The Morgan fingerprint density at radius 2 is 2.06 bits per heavy atom. The lowest BCUT2D eigenvalue weighted by Gasteiger charge is -2.33. The number of rotatable bonds is 4. The van der Waals surface area contributed by atoms with Crippen LogP contribution in [0.1, 0.15) is 53.4 Å². The summed E-state index contributed by atoms with van der Waals surface area (Å²) in [7, 11) is 0. The van der Waals surface area contributed by atoms with Crippen LogP contribution in [0.25, 0.3) is 0 Å². The van der Waals surface area contributed by atoms with Gasteiger partial charge < -0.3 is 11.1 Å². The first-order valence-corrected chi connectivity index (χ1v) is 6.90. The molecule has 1 aliphatic rings. The Kier molecular flexibility index (Phi) is 4.99. The van der Waals surface area contributed by atoms with Crippen LogP contribution in [0.3, 0.4) is 0 Å². The van der Waals surface area contributed by atoms with Gasteiger partial charge in [0.15, 0.2) is 0 Å². The third-order valence-electron chi connectivity index (χ3n) is 4.33. The van der Waals surface area contributed by atoms with E-state index in [-0.39, 0.29) is 23.3 Å². The van der Waals surface area contributed by atoms with E-state index in [0.29, 0.717) is 5.92 Å². The minimum atomic E-state index is 0.0198. The van der Waals surface area contributed by atoms with Crippen LogP contribution in [0, 0.1) is 17.3 Å². The van der Waals surface area contributed by atoms with E-state index in [1.165, 1.54) is 0 Å². The number of nitrogens with one attached hydrogen (secondary N) is 1. The quantitative estimate of drug-likeness (QED) is 0.792. The molecule has 17 heavy (non-hydrogen) atoms. The van der Waals surface area contributed by atoms with E-state index in [4.69, 9.17) is 5.73 Å². The van der Waals surface area contributed by atoms with Gasteiger partial charge in [-0.05, 0) is 30.6 Å². The van der Waals surface area contributed by atoms with Crippen molar-refractivity contribution < 1.29 is 4.79 Å². The topological polar surface area (TPSA) is 55.1 Å². The summed E-state index contributed by atoms with van der Waals surface area (Å²) in [6, 6.07) is 0.0356. The van der Waals surface area contributed by atoms with E-state index in [0.717, 1.165) is 32.2 Å². The standard InChI is InChI=1S/C14H28N2O/c1-5-14(3,4)9-16-13(17)11-8-6-7-10(2)12(11)15/h10-12H,5-9,15H2,1-4H3,(H,16,17). The minimum absolute atomic E-state index is 0.0198. The molecule has 3 nitrogen and oxygen atoms in total. The van der Waals surface area contributed by atoms with Crippen LogP contribution >= 0.6 is 0 Å². The first kappa shape index (κ1) is 14.5. The van der Waals surface area contributed by atoms with Crippen molar-refractivity contribution in [2.45, 2.75) is 59.4 Å². The van der Waals surface area contributed by atoms with E-state index in [1.54, 1.807) is 0 Å². The monoisotopic (exact) mass is 240 g/mol. The molecule has 0 aromatic carbocycles. The van der Waals surface area contributed by atoms with E-state index in [2.05, 4.69) is 33.0 Å². The van der Waals surface area contributed by atoms with E-state index in [1.807, 2.05) is 0 Å². The van der Waals surface area contributed by atoms with Crippen LogP contribution in [0.4, 0.5) is 0 Å². The maximum atomic E-state index is 12.1. The molecule has 1 saturated carbocycles. The second-order valence-corrected chi connectivity index (χ2v) is 6.33. The zero-order valence-electron chi connectivity index (χ0n) is 11.8. The molecule has 1 aliphatic carbocycles. The van der Waals surface area contributed by atoms with Crippen molar-refractivity contribution in [3.05, 3.63) is 0 Å². The average molecular weight is 240 g/mol. The van der Waals surface area contributed by atoms with Gasteiger partial charge in [-0.1, -0.05) is 34.1 Å². The van der Waals surface area contributed by atoms with Gasteiger partial charge >= 0.3 is 0 Å². The van der Waals surface area contributed by atoms with E-state index in [9.17, 15) is 4.79 Å². The molecule has 0 saturated heterocycles.